The van der Waals surface area contributed by atoms with Crippen LogP contribution >= 0.6 is 11.6 Å². The summed E-state index contributed by atoms with van der Waals surface area (Å²) in [6.07, 6.45) is 4.03. The highest BCUT2D eigenvalue weighted by atomic mass is 35.5. The summed E-state index contributed by atoms with van der Waals surface area (Å²) < 4.78 is 11.1. The van der Waals surface area contributed by atoms with Gasteiger partial charge in [0.25, 0.3) is 0 Å². The highest BCUT2D eigenvalue weighted by molar-refractivity contribution is 6.31. The van der Waals surface area contributed by atoms with Gasteiger partial charge in [-0.3, -0.25) is 9.78 Å². The van der Waals surface area contributed by atoms with Crippen LogP contribution in [0.3, 0.4) is 0 Å². The molecule has 2 heterocycles. The fraction of sp³-hybridized carbons (Fsp3) is 0.611. The molecule has 0 aromatic carbocycles. The Bertz CT molecular complexity index is 648. The summed E-state index contributed by atoms with van der Waals surface area (Å²) in [4.78, 5) is 30.1. The second-order valence-corrected chi connectivity index (χ2v) is 7.75. The van der Waals surface area contributed by atoms with E-state index in [9.17, 15) is 9.59 Å². The molecule has 1 aliphatic heterocycles. The Morgan fingerprint density at radius 3 is 2.81 bits per heavy atom. The van der Waals surface area contributed by atoms with Gasteiger partial charge in [-0.2, -0.15) is 0 Å². The van der Waals surface area contributed by atoms with E-state index in [1.54, 1.807) is 44.9 Å². The number of carbonyl (C=O) groups excluding carboxylic acids is 2. The van der Waals surface area contributed by atoms with Crippen LogP contribution in [0, 0.1) is 0 Å². The number of likely N-dealkylation sites (tertiary alicyclic amines) is 1. The molecule has 2 rings (SSSR count). The molecule has 1 aromatic heterocycles. The number of halogens is 1. The Hall–Kier alpha value is -2.02. The molecule has 0 bridgehead atoms. The average Bonchev–Trinajstić information content (AvgIpc) is 2.54. The first kappa shape index (κ1) is 20.3. The fourth-order valence-electron chi connectivity index (χ4n) is 2.69. The monoisotopic (exact) mass is 383 g/mol. The number of nitrogens with one attached hydrogen (secondary N) is 1. The number of aromatic nitrogens is 1. The lowest BCUT2D eigenvalue weighted by atomic mass is 10.1. The standard InChI is InChI=1S/C18H26ClN3O4/c1-12(21-17(24)26-18(2,3)4)16(23)22-9-5-6-13(11-22)25-15-7-8-20-10-14(15)19/h7-8,10,12-13H,5-6,9,11H2,1-4H3,(H,21,24). The van der Waals surface area contributed by atoms with Crippen LogP contribution in [-0.4, -0.2) is 52.7 Å². The molecule has 2 amide bonds. The maximum atomic E-state index is 12.6. The topological polar surface area (TPSA) is 80.8 Å². The number of hydrogen-bond donors (Lipinski definition) is 1. The van der Waals surface area contributed by atoms with Crippen molar-refractivity contribution in [2.75, 3.05) is 13.1 Å². The zero-order valence-corrected chi connectivity index (χ0v) is 16.4. The Kier molecular flexibility index (Phi) is 6.69. The predicted octanol–water partition coefficient (Wildman–Crippen LogP) is 3.02. The molecule has 8 heteroatoms. The highest BCUT2D eigenvalue weighted by Gasteiger charge is 2.29. The maximum absolute atomic E-state index is 12.6. The van der Waals surface area contributed by atoms with E-state index in [4.69, 9.17) is 21.1 Å². The third kappa shape index (κ3) is 6.05. The van der Waals surface area contributed by atoms with E-state index >= 15 is 0 Å². The van der Waals surface area contributed by atoms with Crippen molar-refractivity contribution in [1.82, 2.24) is 15.2 Å². The van der Waals surface area contributed by atoms with Crippen molar-refractivity contribution >= 4 is 23.6 Å². The van der Waals surface area contributed by atoms with Crippen LogP contribution in [0.1, 0.15) is 40.5 Å². The molecule has 1 fully saturated rings. The first-order valence-electron chi connectivity index (χ1n) is 8.70. The number of ether oxygens (including phenoxy) is 2. The van der Waals surface area contributed by atoms with E-state index in [1.165, 1.54) is 6.20 Å². The van der Waals surface area contributed by atoms with Crippen LogP contribution in [0.4, 0.5) is 4.79 Å². The van der Waals surface area contributed by atoms with E-state index < -0.39 is 17.7 Å². The molecule has 1 aromatic rings. The van der Waals surface area contributed by atoms with Gasteiger partial charge in [0.1, 0.15) is 28.5 Å². The van der Waals surface area contributed by atoms with Crippen molar-refractivity contribution in [2.24, 2.45) is 0 Å². The molecule has 144 valence electrons. The van der Waals surface area contributed by atoms with E-state index in [-0.39, 0.29) is 12.0 Å². The summed E-state index contributed by atoms with van der Waals surface area (Å²) >= 11 is 6.07. The number of nitrogens with zero attached hydrogens (tertiary/aromatic N) is 2. The van der Waals surface area contributed by atoms with Gasteiger partial charge in [-0.05, 0) is 40.5 Å². The number of piperidine rings is 1. The van der Waals surface area contributed by atoms with Gasteiger partial charge in [0.05, 0.1) is 6.54 Å². The van der Waals surface area contributed by atoms with Crippen LogP contribution in [0.2, 0.25) is 5.02 Å². The minimum atomic E-state index is -0.673. The van der Waals surface area contributed by atoms with E-state index in [2.05, 4.69) is 10.3 Å². The van der Waals surface area contributed by atoms with E-state index in [0.29, 0.717) is 23.9 Å². The van der Waals surface area contributed by atoms with Crippen LogP contribution in [0.25, 0.3) is 0 Å². The summed E-state index contributed by atoms with van der Waals surface area (Å²) in [6.45, 7) is 8.04. The number of rotatable bonds is 4. The molecule has 2 unspecified atom stereocenters. The number of hydrogen-bond acceptors (Lipinski definition) is 5. The highest BCUT2D eigenvalue weighted by Crippen LogP contribution is 2.25. The van der Waals surface area contributed by atoms with E-state index in [1.807, 2.05) is 0 Å². The molecule has 1 N–H and O–H groups in total. The van der Waals surface area contributed by atoms with Gasteiger partial charge in [0.2, 0.25) is 5.91 Å². The van der Waals surface area contributed by atoms with Crippen molar-refractivity contribution in [2.45, 2.75) is 58.3 Å². The van der Waals surface area contributed by atoms with Crippen molar-refractivity contribution in [1.29, 1.82) is 0 Å². The Morgan fingerprint density at radius 1 is 1.42 bits per heavy atom. The van der Waals surface area contributed by atoms with Gasteiger partial charge in [-0.1, -0.05) is 11.6 Å². The predicted molar refractivity (Wildman–Crippen MR) is 98.3 cm³/mol. The number of alkyl carbamates (subject to hydrolysis) is 1. The van der Waals surface area contributed by atoms with E-state index in [0.717, 1.165) is 12.8 Å². The summed E-state index contributed by atoms with van der Waals surface area (Å²) in [7, 11) is 0. The van der Waals surface area contributed by atoms with Crippen LogP contribution in [-0.2, 0) is 9.53 Å². The summed E-state index contributed by atoms with van der Waals surface area (Å²) in [6, 6.07) is 1.03. The molecule has 7 nitrogen and oxygen atoms in total. The maximum Gasteiger partial charge on any atom is 0.408 e. The van der Waals surface area contributed by atoms with Gasteiger partial charge in [-0.15, -0.1) is 0 Å². The molecule has 26 heavy (non-hydrogen) atoms. The molecule has 2 atom stereocenters. The van der Waals surface area contributed by atoms with Gasteiger partial charge in [0, 0.05) is 25.0 Å². The third-order valence-corrected chi connectivity index (χ3v) is 4.11. The minimum Gasteiger partial charge on any atom is -0.487 e. The smallest absolute Gasteiger partial charge is 0.408 e. The minimum absolute atomic E-state index is 0.152. The number of carbonyl (C=O) groups is 2. The number of pyridine rings is 1. The molecule has 1 saturated heterocycles. The first-order chi connectivity index (χ1) is 12.2. The van der Waals surface area contributed by atoms with Crippen molar-refractivity contribution in [3.05, 3.63) is 23.5 Å². The van der Waals surface area contributed by atoms with Gasteiger partial charge in [0.15, 0.2) is 0 Å². The Balaban J connectivity index is 1.90. The molecule has 1 aliphatic rings. The molecular formula is C18H26ClN3O4. The molecular weight excluding hydrogens is 358 g/mol. The summed E-state index contributed by atoms with van der Waals surface area (Å²) in [5.74, 6) is 0.394. The lowest BCUT2D eigenvalue weighted by Crippen LogP contribution is -2.52. The molecule has 0 saturated carbocycles. The average molecular weight is 384 g/mol. The lowest BCUT2D eigenvalue weighted by Gasteiger charge is -2.34. The molecule has 0 radical (unpaired) electrons. The quantitative estimate of drug-likeness (QED) is 0.864. The number of amides is 2. The van der Waals surface area contributed by atoms with Gasteiger partial charge < -0.3 is 19.7 Å². The lowest BCUT2D eigenvalue weighted by molar-refractivity contribution is -0.135. The van der Waals surface area contributed by atoms with Crippen LogP contribution < -0.4 is 10.1 Å². The largest absolute Gasteiger partial charge is 0.487 e. The third-order valence-electron chi connectivity index (χ3n) is 3.82. The Morgan fingerprint density at radius 2 is 2.15 bits per heavy atom. The zero-order valence-electron chi connectivity index (χ0n) is 15.6. The normalized spacial score (nSPS) is 18.8. The SMILES string of the molecule is CC(NC(=O)OC(C)(C)C)C(=O)N1CCCC(Oc2ccncc2Cl)C1. The van der Waals surface area contributed by atoms with Crippen molar-refractivity contribution in [3.8, 4) is 5.75 Å². The second kappa shape index (κ2) is 8.58. The van der Waals surface area contributed by atoms with Gasteiger partial charge >= 0.3 is 6.09 Å². The Labute approximate surface area is 159 Å². The van der Waals surface area contributed by atoms with Gasteiger partial charge in [-0.25, -0.2) is 4.79 Å². The molecule has 0 spiro atoms. The fourth-order valence-corrected chi connectivity index (χ4v) is 2.86. The zero-order chi connectivity index (χ0) is 19.3. The van der Waals surface area contributed by atoms with Crippen LogP contribution in [0.15, 0.2) is 18.5 Å². The van der Waals surface area contributed by atoms with Crippen molar-refractivity contribution < 1.29 is 19.1 Å². The second-order valence-electron chi connectivity index (χ2n) is 7.34. The van der Waals surface area contributed by atoms with Crippen molar-refractivity contribution in [3.63, 3.8) is 0 Å². The molecule has 0 aliphatic carbocycles. The summed E-state index contributed by atoms with van der Waals surface area (Å²) in [5, 5.41) is 3.03. The van der Waals surface area contributed by atoms with Crippen LogP contribution in [0.5, 0.6) is 5.75 Å². The summed E-state index contributed by atoms with van der Waals surface area (Å²) in [5.41, 5.74) is -0.610. The first-order valence-corrected chi connectivity index (χ1v) is 9.08.